The highest BCUT2D eigenvalue weighted by Gasteiger charge is 2.24. The normalized spacial score (nSPS) is 13.9. The fraction of sp³-hybridized carbons (Fsp3) is 0.636. The number of ether oxygens (including phenoxy) is 3. The van der Waals surface area contributed by atoms with Crippen LogP contribution < -0.4 is 10.1 Å². The highest BCUT2D eigenvalue weighted by atomic mass is 16.7. The van der Waals surface area contributed by atoms with Gasteiger partial charge in [0, 0.05) is 6.54 Å². The van der Waals surface area contributed by atoms with Gasteiger partial charge >= 0.3 is 12.1 Å². The third-order valence-electron chi connectivity index (χ3n) is 4.38. The van der Waals surface area contributed by atoms with Crippen molar-refractivity contribution in [1.29, 1.82) is 0 Å². The molecule has 0 radical (unpaired) electrons. The molecule has 1 aliphatic carbocycles. The van der Waals surface area contributed by atoms with Crippen LogP contribution in [0.25, 0.3) is 0 Å². The maximum absolute atomic E-state index is 11.9. The predicted octanol–water partition coefficient (Wildman–Crippen LogP) is 4.56. The Morgan fingerprint density at radius 1 is 1.21 bits per heavy atom. The lowest BCUT2D eigenvalue weighted by molar-refractivity contribution is -0.150. The second-order valence-corrected chi connectivity index (χ2v) is 8.59. The Morgan fingerprint density at radius 3 is 2.54 bits per heavy atom. The van der Waals surface area contributed by atoms with Crippen LogP contribution in [0.1, 0.15) is 70.9 Å². The first-order valence-corrected chi connectivity index (χ1v) is 10.0. The summed E-state index contributed by atoms with van der Waals surface area (Å²) in [6.45, 7) is 9.62. The van der Waals surface area contributed by atoms with Gasteiger partial charge in [-0.3, -0.25) is 4.79 Å². The summed E-state index contributed by atoms with van der Waals surface area (Å²) in [5.74, 6) is 1.47. The second kappa shape index (κ2) is 9.80. The molecule has 0 spiro atoms. The minimum absolute atomic E-state index is 0.0589. The van der Waals surface area contributed by atoms with Crippen molar-refractivity contribution in [3.8, 4) is 5.75 Å². The van der Waals surface area contributed by atoms with E-state index in [1.165, 1.54) is 18.4 Å². The van der Waals surface area contributed by atoms with Crippen LogP contribution in [-0.2, 0) is 20.7 Å². The van der Waals surface area contributed by atoms with Gasteiger partial charge in [0.1, 0.15) is 11.4 Å². The molecule has 0 saturated heterocycles. The highest BCUT2D eigenvalue weighted by Crippen LogP contribution is 2.38. The Balaban J connectivity index is 1.79. The van der Waals surface area contributed by atoms with Crippen molar-refractivity contribution in [1.82, 2.24) is 5.32 Å². The van der Waals surface area contributed by atoms with E-state index in [1.54, 1.807) is 20.8 Å². The summed E-state index contributed by atoms with van der Waals surface area (Å²) in [7, 11) is 0. The lowest BCUT2D eigenvalue weighted by Gasteiger charge is -2.19. The fourth-order valence-electron chi connectivity index (χ4n) is 2.84. The number of para-hydroxylation sites is 1. The number of carbonyl (C=O) groups is 2. The van der Waals surface area contributed by atoms with E-state index in [0.29, 0.717) is 5.92 Å². The molecule has 6 nitrogen and oxygen atoms in total. The largest absolute Gasteiger partial charge is 0.457 e. The van der Waals surface area contributed by atoms with E-state index in [1.807, 2.05) is 0 Å². The third-order valence-corrected chi connectivity index (χ3v) is 4.38. The number of esters is 1. The molecule has 0 heterocycles. The lowest BCUT2D eigenvalue weighted by atomic mass is 9.97. The van der Waals surface area contributed by atoms with Gasteiger partial charge in [0.25, 0.3) is 0 Å². The molecule has 1 aromatic carbocycles. The average molecular weight is 392 g/mol. The van der Waals surface area contributed by atoms with E-state index in [-0.39, 0.29) is 19.8 Å². The van der Waals surface area contributed by atoms with Gasteiger partial charge in [-0.2, -0.15) is 0 Å². The molecule has 0 aromatic heterocycles. The molecule has 156 valence electrons. The number of amides is 1. The first kappa shape index (κ1) is 22.1. The molecule has 6 heteroatoms. The zero-order valence-corrected chi connectivity index (χ0v) is 17.7. The van der Waals surface area contributed by atoms with Gasteiger partial charge < -0.3 is 19.5 Å². The summed E-state index contributed by atoms with van der Waals surface area (Å²) in [4.78, 5) is 23.5. The molecule has 2 rings (SSSR count). The van der Waals surface area contributed by atoms with Crippen molar-refractivity contribution in [2.24, 2.45) is 5.92 Å². The summed E-state index contributed by atoms with van der Waals surface area (Å²) < 4.78 is 16.2. The molecule has 1 amide bonds. The van der Waals surface area contributed by atoms with Gasteiger partial charge in [-0.15, -0.1) is 0 Å². The molecule has 0 unspecified atom stereocenters. The molecular formula is C22H33NO5. The van der Waals surface area contributed by atoms with E-state index >= 15 is 0 Å². The van der Waals surface area contributed by atoms with E-state index in [0.717, 1.165) is 23.7 Å². The summed E-state index contributed by atoms with van der Waals surface area (Å²) in [6, 6.07) is 6.21. The molecule has 1 saturated carbocycles. The van der Waals surface area contributed by atoms with Crippen LogP contribution in [0.4, 0.5) is 4.79 Å². The van der Waals surface area contributed by atoms with Gasteiger partial charge in [-0.25, -0.2) is 4.79 Å². The van der Waals surface area contributed by atoms with E-state index in [2.05, 4.69) is 37.4 Å². The number of nitrogens with one attached hydrogen (secondary N) is 1. The van der Waals surface area contributed by atoms with Gasteiger partial charge in [-0.1, -0.05) is 32.0 Å². The van der Waals surface area contributed by atoms with Crippen LogP contribution >= 0.6 is 0 Å². The first-order chi connectivity index (χ1) is 13.2. The van der Waals surface area contributed by atoms with Gasteiger partial charge in [0.15, 0.2) is 0 Å². The zero-order valence-electron chi connectivity index (χ0n) is 17.7. The summed E-state index contributed by atoms with van der Waals surface area (Å²) in [6.07, 6.45) is 3.05. The molecule has 0 bridgehead atoms. The molecule has 0 atom stereocenters. The van der Waals surface area contributed by atoms with Crippen LogP contribution in [-0.4, -0.2) is 31.0 Å². The monoisotopic (exact) mass is 391 g/mol. The molecule has 1 aliphatic rings. The van der Waals surface area contributed by atoms with Crippen molar-refractivity contribution in [2.45, 2.75) is 71.8 Å². The average Bonchev–Trinajstić information content (AvgIpc) is 3.38. The summed E-state index contributed by atoms with van der Waals surface area (Å²) >= 11 is 0. The van der Waals surface area contributed by atoms with Crippen molar-refractivity contribution >= 4 is 12.1 Å². The quantitative estimate of drug-likeness (QED) is 0.493. The number of benzene rings is 1. The molecule has 1 fully saturated rings. The maximum Gasteiger partial charge on any atom is 0.407 e. The van der Waals surface area contributed by atoms with Gasteiger partial charge in [0.2, 0.25) is 6.79 Å². The first-order valence-electron chi connectivity index (χ1n) is 10.0. The van der Waals surface area contributed by atoms with Crippen LogP contribution in [0, 0.1) is 5.92 Å². The van der Waals surface area contributed by atoms with Crippen molar-refractivity contribution in [2.75, 3.05) is 13.3 Å². The number of hydrogen-bond donors (Lipinski definition) is 1. The van der Waals surface area contributed by atoms with Crippen molar-refractivity contribution in [3.63, 3.8) is 0 Å². The van der Waals surface area contributed by atoms with Crippen molar-refractivity contribution in [3.05, 3.63) is 29.3 Å². The number of alkyl carbamates (subject to hydrolysis) is 1. The predicted molar refractivity (Wildman–Crippen MR) is 107 cm³/mol. The molecule has 1 aromatic rings. The molecular weight excluding hydrogens is 358 g/mol. The minimum atomic E-state index is -0.569. The summed E-state index contributed by atoms with van der Waals surface area (Å²) in [5.41, 5.74) is 1.73. The van der Waals surface area contributed by atoms with Crippen molar-refractivity contribution < 1.29 is 23.8 Å². The second-order valence-electron chi connectivity index (χ2n) is 8.59. The highest BCUT2D eigenvalue weighted by molar-refractivity contribution is 5.71. The number of carbonyl (C=O) groups excluding carboxylic acids is 2. The Kier molecular flexibility index (Phi) is 7.72. The summed E-state index contributed by atoms with van der Waals surface area (Å²) in [5, 5.41) is 2.54. The SMILES string of the molecule is CC(C)c1cccc(CC2CC2)c1OCOC(=O)CCNC(=O)OC(C)(C)C. The molecule has 1 N–H and O–H groups in total. The Labute approximate surface area is 167 Å². The van der Waals surface area contributed by atoms with Crippen LogP contribution in [0.2, 0.25) is 0 Å². The topological polar surface area (TPSA) is 73.9 Å². The third kappa shape index (κ3) is 7.79. The number of hydrogen-bond acceptors (Lipinski definition) is 5. The fourth-order valence-corrected chi connectivity index (χ4v) is 2.84. The van der Waals surface area contributed by atoms with Gasteiger partial charge in [0.05, 0.1) is 6.42 Å². The lowest BCUT2D eigenvalue weighted by Crippen LogP contribution is -2.33. The van der Waals surface area contributed by atoms with E-state index < -0.39 is 17.7 Å². The Hall–Kier alpha value is -2.24. The Morgan fingerprint density at radius 2 is 1.93 bits per heavy atom. The van der Waals surface area contributed by atoms with E-state index in [4.69, 9.17) is 14.2 Å². The smallest absolute Gasteiger partial charge is 0.407 e. The standard InChI is InChI=1S/C22H33NO5/c1-15(2)18-8-6-7-17(13-16-9-10-16)20(18)27-14-26-19(24)11-12-23-21(25)28-22(3,4)5/h6-8,15-16H,9-14H2,1-5H3,(H,23,25). The number of rotatable bonds is 9. The van der Waals surface area contributed by atoms with E-state index in [9.17, 15) is 9.59 Å². The van der Waals surface area contributed by atoms with Gasteiger partial charge in [-0.05, 0) is 63.0 Å². The molecule has 0 aliphatic heterocycles. The van der Waals surface area contributed by atoms with Crippen LogP contribution in [0.3, 0.4) is 0 Å². The van der Waals surface area contributed by atoms with Crippen LogP contribution in [0.15, 0.2) is 18.2 Å². The molecule has 28 heavy (non-hydrogen) atoms. The van der Waals surface area contributed by atoms with Crippen LogP contribution in [0.5, 0.6) is 5.75 Å². The Bertz CT molecular complexity index is 674. The minimum Gasteiger partial charge on any atom is -0.457 e. The maximum atomic E-state index is 11.9. The zero-order chi connectivity index (χ0) is 20.7.